The predicted molar refractivity (Wildman–Crippen MR) is 206 cm³/mol. The summed E-state index contributed by atoms with van der Waals surface area (Å²) < 4.78 is 76.7. The maximum absolute atomic E-state index is 13.4. The minimum absolute atomic E-state index is 0.0434. The fraction of sp³-hybridized carbons (Fsp3) is 0.600. The van der Waals surface area contributed by atoms with E-state index < -0.39 is 39.5 Å². The van der Waals surface area contributed by atoms with Crippen LogP contribution in [0.4, 0.5) is 18.9 Å². The quantitative estimate of drug-likeness (QED) is 0.288. The smallest absolute Gasteiger partial charge is 0.401 e. The van der Waals surface area contributed by atoms with Crippen LogP contribution in [0.25, 0.3) is 0 Å². The van der Waals surface area contributed by atoms with Crippen LogP contribution in [0.1, 0.15) is 67.4 Å². The molecule has 2 bridgehead atoms. The highest BCUT2D eigenvalue weighted by Gasteiger charge is 2.49. The molecule has 0 unspecified atom stereocenters. The standard InChI is InChI=1S/C34H41ClN2O6S.C6H11F3N2/c1-22-6-4-15-34(20-38,42-3)29-11-8-26(29)18-37-19-33(14-5-7-24-16-27(35)10-12-28(24)33)21-43-31-13-9-25(17-30(31)37)32(39)36-44(40,41)23(22)2;7-6(8,9)5-11-3-1-10-2-4-11/h4,9-10,12-13,15-17,20,22-23,26,29H,5-8,11,14,18-19,21H2,1-3H3,(H,36,39);10H,1-5H2/b15-4+;/t22-,23+,26-,29+,33-,34-;/m0./s1. The van der Waals surface area contributed by atoms with Crippen molar-refractivity contribution in [2.24, 2.45) is 17.8 Å². The SMILES string of the molecule is CO[C@]1(C=O)/C=C/C[C@H](C)[C@@H](C)S(=O)(=O)NC(=O)c2ccc3c(c2)N(C[C@@H]2CC[C@H]21)C[C@@]1(CCCc2cc(Cl)ccc21)CO3.FC(F)(F)CN1CCNCC1. The minimum atomic E-state index is -4.04. The van der Waals surface area contributed by atoms with E-state index in [1.165, 1.54) is 16.0 Å². The number of aryl methyl sites for hydroxylation is 1. The van der Waals surface area contributed by atoms with E-state index in [0.29, 0.717) is 63.1 Å². The number of nitrogens with zero attached hydrogens (tertiary/aromatic N) is 2. The Labute approximate surface area is 327 Å². The second-order valence-electron chi connectivity index (χ2n) is 15.8. The van der Waals surface area contributed by atoms with Crippen LogP contribution in [0, 0.1) is 17.8 Å². The van der Waals surface area contributed by atoms with E-state index in [2.05, 4.69) is 27.1 Å². The summed E-state index contributed by atoms with van der Waals surface area (Å²) in [4.78, 5) is 29.8. The highest BCUT2D eigenvalue weighted by atomic mass is 35.5. The molecule has 2 aromatic rings. The third-order valence-electron chi connectivity index (χ3n) is 12.3. The van der Waals surface area contributed by atoms with Crippen molar-refractivity contribution < 1.29 is 40.7 Å². The molecule has 2 fully saturated rings. The summed E-state index contributed by atoms with van der Waals surface area (Å²) in [7, 11) is -2.41. The number of methoxy groups -OCH3 is 1. The highest BCUT2D eigenvalue weighted by molar-refractivity contribution is 7.90. The molecular weight excluding hydrogens is 757 g/mol. The molecule has 15 heteroatoms. The van der Waals surface area contributed by atoms with E-state index in [9.17, 15) is 31.2 Å². The molecule has 6 atom stereocenters. The summed E-state index contributed by atoms with van der Waals surface area (Å²) in [5.41, 5.74) is 2.05. The van der Waals surface area contributed by atoms with Gasteiger partial charge in [0, 0.05) is 68.3 Å². The Morgan fingerprint density at radius 2 is 1.87 bits per heavy atom. The summed E-state index contributed by atoms with van der Waals surface area (Å²) in [6, 6.07) is 11.3. The van der Waals surface area contributed by atoms with Gasteiger partial charge in [-0.3, -0.25) is 14.5 Å². The number of rotatable bonds is 3. The van der Waals surface area contributed by atoms with Gasteiger partial charge in [-0.05, 0) is 105 Å². The molecule has 55 heavy (non-hydrogen) atoms. The number of ether oxygens (including phenoxy) is 2. The molecule has 302 valence electrons. The van der Waals surface area contributed by atoms with Crippen molar-refractivity contribution in [1.29, 1.82) is 0 Å². The topological polar surface area (TPSA) is 117 Å². The van der Waals surface area contributed by atoms with E-state index in [1.54, 1.807) is 32.2 Å². The number of nitrogens with one attached hydrogen (secondary N) is 2. The van der Waals surface area contributed by atoms with Crippen LogP contribution in [0.2, 0.25) is 5.02 Å². The van der Waals surface area contributed by atoms with Crippen LogP contribution < -0.4 is 19.7 Å². The summed E-state index contributed by atoms with van der Waals surface area (Å²) in [5.74, 6) is -0.203. The van der Waals surface area contributed by atoms with Crippen LogP contribution >= 0.6 is 11.6 Å². The molecule has 1 saturated heterocycles. The van der Waals surface area contributed by atoms with E-state index in [1.807, 2.05) is 25.1 Å². The van der Waals surface area contributed by atoms with Gasteiger partial charge in [-0.25, -0.2) is 13.1 Å². The fourth-order valence-electron chi connectivity index (χ4n) is 8.81. The van der Waals surface area contributed by atoms with Crippen molar-refractivity contribution in [2.75, 3.05) is 64.4 Å². The van der Waals surface area contributed by atoms with Crippen LogP contribution in [-0.2, 0) is 31.4 Å². The van der Waals surface area contributed by atoms with Crippen LogP contribution in [0.15, 0.2) is 48.6 Å². The first-order valence-electron chi connectivity index (χ1n) is 19.1. The summed E-state index contributed by atoms with van der Waals surface area (Å²) >= 11 is 6.40. The maximum atomic E-state index is 13.4. The average molecular weight is 809 g/mol. The molecule has 2 aromatic carbocycles. The average Bonchev–Trinajstić information content (AvgIpc) is 3.28. The van der Waals surface area contributed by atoms with Gasteiger partial charge in [-0.2, -0.15) is 13.2 Å². The fourth-order valence-corrected chi connectivity index (χ4v) is 10.3. The number of hydrogen-bond donors (Lipinski definition) is 2. The summed E-state index contributed by atoms with van der Waals surface area (Å²) in [6.07, 6.45) is 5.61. The van der Waals surface area contributed by atoms with Gasteiger partial charge in [-0.1, -0.05) is 30.7 Å². The number of aldehydes is 1. The van der Waals surface area contributed by atoms with Gasteiger partial charge < -0.3 is 19.7 Å². The lowest BCUT2D eigenvalue weighted by Crippen LogP contribution is -2.53. The van der Waals surface area contributed by atoms with Crippen LogP contribution in [0.3, 0.4) is 0 Å². The molecule has 2 aliphatic carbocycles. The molecule has 3 aliphatic heterocycles. The number of anilines is 1. The zero-order valence-corrected chi connectivity index (χ0v) is 33.2. The van der Waals surface area contributed by atoms with Crippen molar-refractivity contribution in [3.05, 3.63) is 70.3 Å². The Balaban J connectivity index is 0.000000403. The predicted octanol–water partition coefficient (Wildman–Crippen LogP) is 5.92. The summed E-state index contributed by atoms with van der Waals surface area (Å²) in [5, 5.41) is 2.87. The zero-order chi connectivity index (χ0) is 39.6. The van der Waals surface area contributed by atoms with E-state index in [4.69, 9.17) is 21.1 Å². The number of fused-ring (bicyclic) bond motifs is 4. The van der Waals surface area contributed by atoms with Gasteiger partial charge in [0.05, 0.1) is 24.1 Å². The van der Waals surface area contributed by atoms with Gasteiger partial charge in [0.1, 0.15) is 11.4 Å². The molecule has 0 radical (unpaired) electrons. The van der Waals surface area contributed by atoms with Gasteiger partial charge in [0.2, 0.25) is 10.0 Å². The Hall–Kier alpha value is -3.17. The lowest BCUT2D eigenvalue weighted by atomic mass is 9.64. The van der Waals surface area contributed by atoms with E-state index >= 15 is 0 Å². The van der Waals surface area contributed by atoms with Crippen LogP contribution in [0.5, 0.6) is 5.75 Å². The molecule has 7 rings (SSSR count). The van der Waals surface area contributed by atoms with Gasteiger partial charge in [-0.15, -0.1) is 0 Å². The number of sulfonamides is 1. The first-order valence-corrected chi connectivity index (χ1v) is 21.1. The molecule has 10 nitrogen and oxygen atoms in total. The Kier molecular flexibility index (Phi) is 12.6. The maximum Gasteiger partial charge on any atom is 0.401 e. The van der Waals surface area contributed by atoms with Gasteiger partial charge >= 0.3 is 6.18 Å². The lowest BCUT2D eigenvalue weighted by molar-refractivity contribution is -0.146. The number of carbonyl (C=O) groups excluding carboxylic acids is 2. The Morgan fingerprint density at radius 1 is 1.11 bits per heavy atom. The largest absolute Gasteiger partial charge is 0.490 e. The number of amides is 1. The Morgan fingerprint density at radius 3 is 2.55 bits per heavy atom. The highest BCUT2D eigenvalue weighted by Crippen LogP contribution is 2.48. The second-order valence-corrected chi connectivity index (χ2v) is 18.3. The third kappa shape index (κ3) is 9.19. The molecule has 1 saturated carbocycles. The first-order chi connectivity index (χ1) is 26.1. The van der Waals surface area contributed by atoms with Gasteiger partial charge in [0.25, 0.3) is 5.91 Å². The molecular formula is C40H52ClF3N4O6S. The number of benzene rings is 2. The molecule has 0 aromatic heterocycles. The van der Waals surface area contributed by atoms with Crippen molar-refractivity contribution in [2.45, 2.75) is 74.8 Å². The molecule has 1 spiro atoms. The normalized spacial score (nSPS) is 31.5. The minimum Gasteiger partial charge on any atom is -0.490 e. The van der Waals surface area contributed by atoms with E-state index in [0.717, 1.165) is 44.1 Å². The van der Waals surface area contributed by atoms with Crippen molar-refractivity contribution in [1.82, 2.24) is 14.9 Å². The van der Waals surface area contributed by atoms with Crippen molar-refractivity contribution >= 4 is 39.5 Å². The zero-order valence-electron chi connectivity index (χ0n) is 31.7. The number of hydrogen-bond acceptors (Lipinski definition) is 9. The monoisotopic (exact) mass is 808 g/mol. The van der Waals surface area contributed by atoms with Crippen molar-refractivity contribution in [3.63, 3.8) is 0 Å². The molecule has 1 amide bonds. The van der Waals surface area contributed by atoms with Crippen LogP contribution in [-0.4, -0.2) is 102 Å². The number of alkyl halides is 3. The number of halogens is 4. The lowest BCUT2D eigenvalue weighted by Gasteiger charge is -2.48. The van der Waals surface area contributed by atoms with Gasteiger partial charge in [0.15, 0.2) is 6.29 Å². The number of piperazine rings is 1. The summed E-state index contributed by atoms with van der Waals surface area (Å²) in [6.45, 7) is 6.73. The molecule has 3 heterocycles. The second kappa shape index (κ2) is 16.7. The third-order valence-corrected chi connectivity index (χ3v) is 14.5. The molecule has 2 N–H and O–H groups in total. The van der Waals surface area contributed by atoms with Crippen molar-refractivity contribution in [3.8, 4) is 5.75 Å². The Bertz CT molecular complexity index is 1860. The first kappa shape index (κ1) is 41.5. The number of allylic oxidation sites excluding steroid dienone is 1. The number of carbonyl (C=O) groups is 2. The molecule has 5 aliphatic rings. The van der Waals surface area contributed by atoms with E-state index in [-0.39, 0.29) is 28.7 Å².